The Hall–Kier alpha value is 0.270. The van der Waals surface area contributed by atoms with Gasteiger partial charge in [-0.15, -0.1) is 0 Å². The third-order valence-corrected chi connectivity index (χ3v) is 5.97. The number of thioether (sulfide) groups is 1. The van der Waals surface area contributed by atoms with Crippen LogP contribution in [0, 0.1) is 5.92 Å². The molecule has 106 valence electrons. The Bertz CT molecular complexity index is 253. The third-order valence-electron chi connectivity index (χ3n) is 4.92. The first kappa shape index (κ1) is 14.7. The molecule has 0 saturated carbocycles. The Kier molecular flexibility index (Phi) is 5.40. The second-order valence-electron chi connectivity index (χ2n) is 6.34. The zero-order valence-electron chi connectivity index (χ0n) is 12.4. The van der Waals surface area contributed by atoms with E-state index >= 15 is 0 Å². The van der Waals surface area contributed by atoms with Crippen molar-refractivity contribution in [3.8, 4) is 0 Å². The zero-order chi connectivity index (χ0) is 13.0. The highest BCUT2D eigenvalue weighted by molar-refractivity contribution is 7.99. The predicted octanol–water partition coefficient (Wildman–Crippen LogP) is 2.98. The van der Waals surface area contributed by atoms with Gasteiger partial charge in [-0.3, -0.25) is 4.90 Å². The van der Waals surface area contributed by atoms with Gasteiger partial charge < -0.3 is 5.32 Å². The van der Waals surface area contributed by atoms with E-state index in [9.17, 15) is 0 Å². The fraction of sp³-hybridized carbons (Fsp3) is 1.00. The van der Waals surface area contributed by atoms with Crippen molar-refractivity contribution in [3.63, 3.8) is 0 Å². The van der Waals surface area contributed by atoms with Crippen LogP contribution in [0.5, 0.6) is 0 Å². The Morgan fingerprint density at radius 2 is 2.00 bits per heavy atom. The minimum Gasteiger partial charge on any atom is -0.309 e. The molecule has 2 heterocycles. The molecular formula is C15H30N2S. The van der Waals surface area contributed by atoms with Crippen LogP contribution in [0.15, 0.2) is 0 Å². The van der Waals surface area contributed by atoms with E-state index in [4.69, 9.17) is 0 Å². The number of piperazine rings is 1. The summed E-state index contributed by atoms with van der Waals surface area (Å²) in [4.78, 5) is 2.79. The molecule has 0 aliphatic carbocycles. The van der Waals surface area contributed by atoms with Crippen molar-refractivity contribution in [1.82, 2.24) is 10.2 Å². The monoisotopic (exact) mass is 270 g/mol. The molecule has 3 heteroatoms. The summed E-state index contributed by atoms with van der Waals surface area (Å²) >= 11 is 2.14. The van der Waals surface area contributed by atoms with Crippen LogP contribution in [0.3, 0.4) is 0 Å². The number of rotatable bonds is 4. The number of nitrogens with one attached hydrogen (secondary N) is 1. The van der Waals surface area contributed by atoms with Crippen LogP contribution < -0.4 is 5.32 Å². The first-order valence-corrected chi connectivity index (χ1v) is 8.89. The molecule has 0 aromatic rings. The Morgan fingerprint density at radius 3 is 2.61 bits per heavy atom. The molecular weight excluding hydrogens is 240 g/mol. The van der Waals surface area contributed by atoms with Gasteiger partial charge in [-0.05, 0) is 50.0 Å². The molecule has 2 rings (SSSR count). The average Bonchev–Trinajstić information content (AvgIpc) is 2.40. The highest BCUT2D eigenvalue weighted by Gasteiger charge is 2.34. The van der Waals surface area contributed by atoms with Crippen LogP contribution in [0.25, 0.3) is 0 Å². The van der Waals surface area contributed by atoms with Crippen LogP contribution >= 0.6 is 11.8 Å². The molecule has 0 amide bonds. The van der Waals surface area contributed by atoms with Gasteiger partial charge in [-0.25, -0.2) is 0 Å². The molecule has 0 radical (unpaired) electrons. The van der Waals surface area contributed by atoms with Crippen LogP contribution in [0.1, 0.15) is 46.5 Å². The van der Waals surface area contributed by atoms with Gasteiger partial charge >= 0.3 is 0 Å². The summed E-state index contributed by atoms with van der Waals surface area (Å²) in [5.41, 5.74) is 0.342. The average molecular weight is 270 g/mol. The van der Waals surface area contributed by atoms with E-state index in [1.54, 1.807) is 0 Å². The first-order valence-electron chi connectivity index (χ1n) is 7.73. The molecule has 18 heavy (non-hydrogen) atoms. The van der Waals surface area contributed by atoms with E-state index in [1.165, 1.54) is 56.8 Å². The summed E-state index contributed by atoms with van der Waals surface area (Å²) in [5.74, 6) is 3.73. The summed E-state index contributed by atoms with van der Waals surface area (Å²) in [5, 5.41) is 3.77. The lowest BCUT2D eigenvalue weighted by Crippen LogP contribution is -2.63. The van der Waals surface area contributed by atoms with Crippen LogP contribution in [0.2, 0.25) is 0 Å². The minimum absolute atomic E-state index is 0.342. The molecule has 2 aliphatic rings. The second-order valence-corrected chi connectivity index (χ2v) is 7.57. The summed E-state index contributed by atoms with van der Waals surface area (Å²) in [7, 11) is 0. The van der Waals surface area contributed by atoms with Gasteiger partial charge in [0.1, 0.15) is 0 Å². The maximum Gasteiger partial charge on any atom is 0.0278 e. The summed E-state index contributed by atoms with van der Waals surface area (Å²) in [6.45, 7) is 10.8. The van der Waals surface area contributed by atoms with Gasteiger partial charge in [-0.2, -0.15) is 11.8 Å². The van der Waals surface area contributed by atoms with Gasteiger partial charge in [0, 0.05) is 31.2 Å². The van der Waals surface area contributed by atoms with E-state index in [2.05, 4.69) is 42.7 Å². The van der Waals surface area contributed by atoms with Gasteiger partial charge in [-0.1, -0.05) is 13.8 Å². The molecule has 2 aliphatic heterocycles. The summed E-state index contributed by atoms with van der Waals surface area (Å²) in [6, 6.07) is 0.763. The van der Waals surface area contributed by atoms with Gasteiger partial charge in [0.15, 0.2) is 0 Å². The third kappa shape index (κ3) is 3.64. The van der Waals surface area contributed by atoms with Crippen molar-refractivity contribution in [3.05, 3.63) is 0 Å². The van der Waals surface area contributed by atoms with Crippen molar-refractivity contribution >= 4 is 11.8 Å². The normalized spacial score (nSPS) is 35.8. The van der Waals surface area contributed by atoms with Crippen LogP contribution in [0.4, 0.5) is 0 Å². The Balaban J connectivity index is 1.93. The Morgan fingerprint density at radius 1 is 1.28 bits per heavy atom. The van der Waals surface area contributed by atoms with Gasteiger partial charge in [0.25, 0.3) is 0 Å². The molecule has 1 N–H and O–H groups in total. The van der Waals surface area contributed by atoms with Crippen molar-refractivity contribution in [1.29, 1.82) is 0 Å². The number of hydrogen-bond donors (Lipinski definition) is 1. The molecule has 0 spiro atoms. The minimum atomic E-state index is 0.342. The number of nitrogens with zero attached hydrogens (tertiary/aromatic N) is 1. The molecule has 0 bridgehead atoms. The first-order chi connectivity index (χ1) is 8.67. The lowest BCUT2D eigenvalue weighted by Gasteiger charge is -2.47. The Labute approximate surface area is 117 Å². The van der Waals surface area contributed by atoms with E-state index in [-0.39, 0.29) is 0 Å². The topological polar surface area (TPSA) is 15.3 Å². The number of hydrogen-bond acceptors (Lipinski definition) is 3. The summed E-state index contributed by atoms with van der Waals surface area (Å²) in [6.07, 6.45) is 5.40. The predicted molar refractivity (Wildman–Crippen MR) is 82.4 cm³/mol. The second kappa shape index (κ2) is 6.62. The quantitative estimate of drug-likeness (QED) is 0.845. The van der Waals surface area contributed by atoms with E-state index < -0.39 is 0 Å². The van der Waals surface area contributed by atoms with E-state index in [0.717, 1.165) is 12.0 Å². The van der Waals surface area contributed by atoms with Crippen molar-refractivity contribution in [2.24, 2.45) is 5.92 Å². The van der Waals surface area contributed by atoms with Crippen LogP contribution in [-0.2, 0) is 0 Å². The lowest BCUT2D eigenvalue weighted by molar-refractivity contribution is 0.0660. The fourth-order valence-corrected chi connectivity index (χ4v) is 4.44. The maximum absolute atomic E-state index is 3.77. The van der Waals surface area contributed by atoms with Gasteiger partial charge in [0.2, 0.25) is 0 Å². The molecule has 0 aromatic carbocycles. The van der Waals surface area contributed by atoms with Crippen molar-refractivity contribution in [2.45, 2.75) is 58.0 Å². The molecule has 2 unspecified atom stereocenters. The molecule has 2 saturated heterocycles. The van der Waals surface area contributed by atoms with Crippen LogP contribution in [-0.4, -0.2) is 47.6 Å². The summed E-state index contributed by atoms with van der Waals surface area (Å²) < 4.78 is 0. The van der Waals surface area contributed by atoms with E-state index in [1.807, 2.05) is 0 Å². The zero-order valence-corrected chi connectivity index (χ0v) is 13.2. The SMILES string of the molecule is CCC1CNC(C)(CC)CN1CC1CCSCC1. The molecule has 0 aromatic heterocycles. The van der Waals surface area contributed by atoms with Crippen molar-refractivity contribution in [2.75, 3.05) is 31.1 Å². The fourth-order valence-electron chi connectivity index (χ4n) is 3.24. The largest absolute Gasteiger partial charge is 0.309 e. The maximum atomic E-state index is 3.77. The highest BCUT2D eigenvalue weighted by atomic mass is 32.2. The molecule has 2 nitrogen and oxygen atoms in total. The molecule has 2 atom stereocenters. The van der Waals surface area contributed by atoms with Crippen molar-refractivity contribution < 1.29 is 0 Å². The van der Waals surface area contributed by atoms with E-state index in [0.29, 0.717) is 5.54 Å². The molecule has 2 fully saturated rings. The lowest BCUT2D eigenvalue weighted by atomic mass is 9.91. The van der Waals surface area contributed by atoms with Gasteiger partial charge in [0.05, 0.1) is 0 Å². The smallest absolute Gasteiger partial charge is 0.0278 e. The standard InChI is InChI=1S/C15H30N2S/c1-4-14-10-16-15(3,5-2)12-17(14)11-13-6-8-18-9-7-13/h13-14,16H,4-12H2,1-3H3. The highest BCUT2D eigenvalue weighted by Crippen LogP contribution is 2.27.